The van der Waals surface area contributed by atoms with Crippen molar-refractivity contribution in [2.45, 2.75) is 38.5 Å². The number of rotatable bonds is 4. The molecule has 0 unspecified atom stereocenters. The normalized spacial score (nSPS) is 19.4. The molecule has 1 saturated heterocycles. The van der Waals surface area contributed by atoms with Crippen LogP contribution in [0.5, 0.6) is 0 Å². The Labute approximate surface area is 158 Å². The summed E-state index contributed by atoms with van der Waals surface area (Å²) in [7, 11) is 0. The van der Waals surface area contributed by atoms with E-state index in [0.29, 0.717) is 21.9 Å². The Hall–Kier alpha value is -1.29. The molecular weight excluding hydrogens is 355 g/mol. The Morgan fingerprint density at radius 2 is 1.84 bits per heavy atom. The SMILES string of the molecule is CC(=Cc1c(-c2c(Cl)cccc2Cl)noc1C1CC1)C1CCNCC1. The zero-order valence-electron chi connectivity index (χ0n) is 14.3. The van der Waals surface area contributed by atoms with Gasteiger partial charge in [0, 0.05) is 17.0 Å². The van der Waals surface area contributed by atoms with Crippen LogP contribution in [0.3, 0.4) is 0 Å². The van der Waals surface area contributed by atoms with Crippen molar-refractivity contribution in [2.75, 3.05) is 13.1 Å². The van der Waals surface area contributed by atoms with Gasteiger partial charge >= 0.3 is 0 Å². The molecule has 2 aliphatic rings. The maximum atomic E-state index is 6.43. The summed E-state index contributed by atoms with van der Waals surface area (Å²) in [5.74, 6) is 2.08. The molecule has 1 aliphatic carbocycles. The Balaban J connectivity index is 1.79. The topological polar surface area (TPSA) is 38.1 Å². The molecule has 1 aliphatic heterocycles. The van der Waals surface area contributed by atoms with Gasteiger partial charge in [-0.3, -0.25) is 0 Å². The Kier molecular flexibility index (Phi) is 4.90. The van der Waals surface area contributed by atoms with Crippen LogP contribution in [0.2, 0.25) is 10.0 Å². The van der Waals surface area contributed by atoms with Crippen LogP contribution in [0.25, 0.3) is 17.3 Å². The van der Waals surface area contributed by atoms with Gasteiger partial charge in [0.1, 0.15) is 11.5 Å². The summed E-state index contributed by atoms with van der Waals surface area (Å²) >= 11 is 12.9. The van der Waals surface area contributed by atoms with Crippen LogP contribution in [-0.4, -0.2) is 18.2 Å². The molecule has 2 aromatic rings. The molecular formula is C20H22Cl2N2O. The summed E-state index contributed by atoms with van der Waals surface area (Å²) in [5, 5.41) is 9.01. The van der Waals surface area contributed by atoms with Crippen LogP contribution in [-0.2, 0) is 0 Å². The summed E-state index contributed by atoms with van der Waals surface area (Å²) in [4.78, 5) is 0. The molecule has 25 heavy (non-hydrogen) atoms. The predicted molar refractivity (Wildman–Crippen MR) is 103 cm³/mol. The van der Waals surface area contributed by atoms with Gasteiger partial charge in [-0.05, 0) is 69.8 Å². The maximum absolute atomic E-state index is 6.43. The highest BCUT2D eigenvalue weighted by atomic mass is 35.5. The molecule has 0 atom stereocenters. The van der Waals surface area contributed by atoms with Gasteiger partial charge in [0.05, 0.1) is 10.0 Å². The first-order chi connectivity index (χ1) is 12.1. The van der Waals surface area contributed by atoms with Gasteiger partial charge in [0.2, 0.25) is 0 Å². The van der Waals surface area contributed by atoms with E-state index in [0.717, 1.165) is 48.5 Å². The van der Waals surface area contributed by atoms with E-state index < -0.39 is 0 Å². The van der Waals surface area contributed by atoms with E-state index in [2.05, 4.69) is 23.5 Å². The van der Waals surface area contributed by atoms with Crippen LogP contribution >= 0.6 is 23.2 Å². The minimum Gasteiger partial charge on any atom is -0.360 e. The molecule has 0 amide bonds. The largest absolute Gasteiger partial charge is 0.360 e. The van der Waals surface area contributed by atoms with Crippen molar-refractivity contribution in [1.29, 1.82) is 0 Å². The van der Waals surface area contributed by atoms with Crippen molar-refractivity contribution in [1.82, 2.24) is 10.5 Å². The Morgan fingerprint density at radius 3 is 2.48 bits per heavy atom. The zero-order chi connectivity index (χ0) is 17.4. The van der Waals surface area contributed by atoms with Crippen LogP contribution in [0, 0.1) is 5.92 Å². The molecule has 1 aromatic heterocycles. The van der Waals surface area contributed by atoms with Gasteiger partial charge in [-0.2, -0.15) is 0 Å². The molecule has 0 spiro atoms. The number of allylic oxidation sites excluding steroid dienone is 1. The third kappa shape index (κ3) is 3.51. The molecule has 1 aromatic carbocycles. The fourth-order valence-electron chi connectivity index (χ4n) is 3.62. The molecule has 0 radical (unpaired) electrons. The third-order valence-electron chi connectivity index (χ3n) is 5.26. The van der Waals surface area contributed by atoms with Gasteiger partial charge < -0.3 is 9.84 Å². The average Bonchev–Trinajstić information content (AvgIpc) is 3.38. The highest BCUT2D eigenvalue weighted by molar-refractivity contribution is 6.39. The second-order valence-corrected chi connectivity index (χ2v) is 7.91. The number of benzene rings is 1. The number of nitrogens with zero attached hydrogens (tertiary/aromatic N) is 1. The van der Waals surface area contributed by atoms with Gasteiger partial charge in [0.15, 0.2) is 0 Å². The smallest absolute Gasteiger partial charge is 0.147 e. The first kappa shape index (κ1) is 17.1. The summed E-state index contributed by atoms with van der Waals surface area (Å²) in [6, 6.07) is 5.55. The monoisotopic (exact) mass is 376 g/mol. The van der Waals surface area contributed by atoms with E-state index in [1.165, 1.54) is 18.4 Å². The lowest BCUT2D eigenvalue weighted by atomic mass is 9.89. The number of halogens is 2. The van der Waals surface area contributed by atoms with Crippen LogP contribution in [0.1, 0.15) is 49.8 Å². The molecule has 132 valence electrons. The molecule has 4 rings (SSSR count). The molecule has 5 heteroatoms. The molecule has 3 nitrogen and oxygen atoms in total. The van der Waals surface area contributed by atoms with Crippen molar-refractivity contribution in [3.8, 4) is 11.3 Å². The number of piperidine rings is 1. The number of aromatic nitrogens is 1. The highest BCUT2D eigenvalue weighted by Gasteiger charge is 2.33. The lowest BCUT2D eigenvalue weighted by molar-refractivity contribution is 0.386. The summed E-state index contributed by atoms with van der Waals surface area (Å²) in [5.41, 5.74) is 3.99. The van der Waals surface area contributed by atoms with Crippen molar-refractivity contribution >= 4 is 29.3 Å². The second kappa shape index (κ2) is 7.14. The van der Waals surface area contributed by atoms with E-state index >= 15 is 0 Å². The quantitative estimate of drug-likeness (QED) is 0.718. The van der Waals surface area contributed by atoms with E-state index in [1.54, 1.807) is 0 Å². The van der Waals surface area contributed by atoms with E-state index in [4.69, 9.17) is 27.7 Å². The molecule has 2 heterocycles. The van der Waals surface area contributed by atoms with Crippen molar-refractivity contribution in [2.24, 2.45) is 5.92 Å². The minimum atomic E-state index is 0.481. The van der Waals surface area contributed by atoms with Gasteiger partial charge in [-0.1, -0.05) is 40.0 Å². The van der Waals surface area contributed by atoms with E-state index in [-0.39, 0.29) is 0 Å². The Bertz CT molecular complexity index is 782. The van der Waals surface area contributed by atoms with Crippen LogP contribution in [0.15, 0.2) is 28.3 Å². The van der Waals surface area contributed by atoms with Crippen LogP contribution in [0.4, 0.5) is 0 Å². The molecule has 1 saturated carbocycles. The maximum Gasteiger partial charge on any atom is 0.147 e. The molecule has 1 N–H and O–H groups in total. The zero-order valence-corrected chi connectivity index (χ0v) is 15.8. The van der Waals surface area contributed by atoms with Crippen molar-refractivity contribution in [3.05, 3.63) is 45.1 Å². The van der Waals surface area contributed by atoms with Gasteiger partial charge in [-0.25, -0.2) is 0 Å². The van der Waals surface area contributed by atoms with E-state index in [1.807, 2.05) is 18.2 Å². The second-order valence-electron chi connectivity index (χ2n) is 7.09. The molecule has 2 fully saturated rings. The first-order valence-electron chi connectivity index (χ1n) is 8.98. The fraction of sp³-hybridized carbons (Fsp3) is 0.450. The van der Waals surface area contributed by atoms with Gasteiger partial charge in [0.25, 0.3) is 0 Å². The average molecular weight is 377 g/mol. The van der Waals surface area contributed by atoms with Crippen LogP contribution < -0.4 is 5.32 Å². The summed E-state index contributed by atoms with van der Waals surface area (Å²) < 4.78 is 5.75. The highest BCUT2D eigenvalue weighted by Crippen LogP contribution is 2.46. The summed E-state index contributed by atoms with van der Waals surface area (Å²) in [6.45, 7) is 4.38. The minimum absolute atomic E-state index is 0.481. The van der Waals surface area contributed by atoms with Crippen molar-refractivity contribution < 1.29 is 4.52 Å². The third-order valence-corrected chi connectivity index (χ3v) is 5.89. The lowest BCUT2D eigenvalue weighted by Crippen LogP contribution is -2.28. The number of hydrogen-bond donors (Lipinski definition) is 1. The predicted octanol–water partition coefficient (Wildman–Crippen LogP) is 5.93. The Morgan fingerprint density at radius 1 is 1.16 bits per heavy atom. The number of hydrogen-bond acceptors (Lipinski definition) is 3. The molecule has 0 bridgehead atoms. The summed E-state index contributed by atoms with van der Waals surface area (Å²) in [6.07, 6.45) is 6.94. The van der Waals surface area contributed by atoms with Gasteiger partial charge in [-0.15, -0.1) is 0 Å². The first-order valence-corrected chi connectivity index (χ1v) is 9.73. The lowest BCUT2D eigenvalue weighted by Gasteiger charge is -2.23. The standard InChI is InChI=1S/C20H22Cl2N2O/c1-12(13-7-9-23-10-8-13)11-15-19(24-25-20(15)14-5-6-14)18-16(21)3-2-4-17(18)22/h2-4,11,13-14,23H,5-10H2,1H3. The number of nitrogens with one attached hydrogen (secondary N) is 1. The fourth-order valence-corrected chi connectivity index (χ4v) is 4.19. The van der Waals surface area contributed by atoms with Crippen molar-refractivity contribution in [3.63, 3.8) is 0 Å². The van der Waals surface area contributed by atoms with E-state index in [9.17, 15) is 0 Å².